The Kier molecular flexibility index (Phi) is 5.63. The molecule has 2 aromatic carbocycles. The van der Waals surface area contributed by atoms with Crippen LogP contribution in [-0.4, -0.2) is 15.8 Å². The summed E-state index contributed by atoms with van der Waals surface area (Å²) in [5, 5.41) is 0. The predicted octanol–water partition coefficient (Wildman–Crippen LogP) is 5.53. The van der Waals surface area contributed by atoms with Crippen LogP contribution in [0.3, 0.4) is 0 Å². The van der Waals surface area contributed by atoms with Crippen molar-refractivity contribution in [2.24, 2.45) is 4.99 Å². The number of imidazole rings is 1. The van der Waals surface area contributed by atoms with Crippen LogP contribution in [0, 0.1) is 0 Å². The number of nitrogens with zero attached hydrogens (tertiary/aromatic N) is 3. The van der Waals surface area contributed by atoms with E-state index >= 15 is 0 Å². The van der Waals surface area contributed by atoms with Gasteiger partial charge in [0.2, 0.25) is 0 Å². The standard InChI is InChI=1S/C23H25N3O/c1-2-11-20(12-3-1)27-18-23-25-21-13-4-5-14-22(21)26(23)16-8-10-19-9-6-7-15-24-17-19/h1-5,11-15,17H,6-10,16,18H2. The molecule has 0 radical (unpaired) electrons. The fraction of sp³-hybridized carbons (Fsp3) is 0.304. The third-order valence-electron chi connectivity index (χ3n) is 4.92. The van der Waals surface area contributed by atoms with E-state index in [0.717, 1.165) is 49.3 Å². The molecule has 1 aliphatic rings. The monoisotopic (exact) mass is 359 g/mol. The van der Waals surface area contributed by atoms with E-state index in [0.29, 0.717) is 6.61 Å². The number of aromatic nitrogens is 2. The zero-order valence-electron chi connectivity index (χ0n) is 15.6. The minimum Gasteiger partial charge on any atom is -0.486 e. The first-order valence-corrected chi connectivity index (χ1v) is 9.72. The maximum Gasteiger partial charge on any atom is 0.147 e. The Bertz CT molecular complexity index is 941. The fourth-order valence-electron chi connectivity index (χ4n) is 3.52. The van der Waals surface area contributed by atoms with Crippen LogP contribution in [0.2, 0.25) is 0 Å². The maximum atomic E-state index is 5.96. The Morgan fingerprint density at radius 1 is 1.00 bits per heavy atom. The second kappa shape index (κ2) is 8.67. The SMILES string of the molecule is C1=NC=C(CCCn2c(COc3ccccc3)nc3ccccc32)CCC1. The van der Waals surface area contributed by atoms with E-state index in [9.17, 15) is 0 Å². The molecule has 0 N–H and O–H groups in total. The van der Waals surface area contributed by atoms with Crippen molar-refractivity contribution in [1.82, 2.24) is 9.55 Å². The highest BCUT2D eigenvalue weighted by atomic mass is 16.5. The molecule has 1 aliphatic heterocycles. The number of aryl methyl sites for hydroxylation is 1. The first-order valence-electron chi connectivity index (χ1n) is 9.72. The van der Waals surface area contributed by atoms with Crippen LogP contribution in [-0.2, 0) is 13.2 Å². The van der Waals surface area contributed by atoms with Crippen molar-refractivity contribution in [3.63, 3.8) is 0 Å². The highest BCUT2D eigenvalue weighted by Crippen LogP contribution is 2.21. The summed E-state index contributed by atoms with van der Waals surface area (Å²) in [6, 6.07) is 18.2. The Hall–Kier alpha value is -2.88. The van der Waals surface area contributed by atoms with Gasteiger partial charge in [0.1, 0.15) is 18.2 Å². The average molecular weight is 359 g/mol. The largest absolute Gasteiger partial charge is 0.486 e. The van der Waals surface area contributed by atoms with Crippen LogP contribution in [0.25, 0.3) is 11.0 Å². The minimum absolute atomic E-state index is 0.478. The second-order valence-electron chi connectivity index (χ2n) is 6.88. The number of hydrogen-bond donors (Lipinski definition) is 0. The van der Waals surface area contributed by atoms with Crippen molar-refractivity contribution in [2.45, 2.75) is 45.3 Å². The highest BCUT2D eigenvalue weighted by molar-refractivity contribution is 5.75. The summed E-state index contributed by atoms with van der Waals surface area (Å²) in [5.41, 5.74) is 3.66. The van der Waals surface area contributed by atoms with Gasteiger partial charge in [0.25, 0.3) is 0 Å². The van der Waals surface area contributed by atoms with Gasteiger partial charge in [-0.15, -0.1) is 0 Å². The lowest BCUT2D eigenvalue weighted by molar-refractivity contribution is 0.289. The van der Waals surface area contributed by atoms with E-state index < -0.39 is 0 Å². The minimum atomic E-state index is 0.478. The third-order valence-corrected chi connectivity index (χ3v) is 4.92. The third kappa shape index (κ3) is 4.45. The van der Waals surface area contributed by atoms with Crippen molar-refractivity contribution in [3.8, 4) is 5.75 Å². The summed E-state index contributed by atoms with van der Waals surface area (Å²) in [6.07, 6.45) is 9.71. The van der Waals surface area contributed by atoms with Gasteiger partial charge < -0.3 is 9.30 Å². The fourth-order valence-corrected chi connectivity index (χ4v) is 3.52. The number of rotatable bonds is 7. The van der Waals surface area contributed by atoms with Crippen LogP contribution < -0.4 is 4.74 Å². The zero-order chi connectivity index (χ0) is 18.3. The predicted molar refractivity (Wildman–Crippen MR) is 110 cm³/mol. The molecular formula is C23H25N3O. The van der Waals surface area contributed by atoms with Gasteiger partial charge in [-0.25, -0.2) is 4.98 Å². The van der Waals surface area contributed by atoms with Crippen LogP contribution in [0.5, 0.6) is 5.75 Å². The molecule has 4 nitrogen and oxygen atoms in total. The average Bonchev–Trinajstić information content (AvgIpc) is 2.87. The van der Waals surface area contributed by atoms with Gasteiger partial charge in [-0.2, -0.15) is 0 Å². The molecule has 4 heteroatoms. The quantitative estimate of drug-likeness (QED) is 0.556. The molecule has 0 saturated carbocycles. The molecule has 27 heavy (non-hydrogen) atoms. The van der Waals surface area contributed by atoms with E-state index in [2.05, 4.69) is 34.0 Å². The Morgan fingerprint density at radius 2 is 1.85 bits per heavy atom. The lowest BCUT2D eigenvalue weighted by atomic mass is 10.1. The van der Waals surface area contributed by atoms with Crippen LogP contribution in [0.4, 0.5) is 0 Å². The van der Waals surface area contributed by atoms with Crippen LogP contribution in [0.15, 0.2) is 71.4 Å². The molecule has 0 unspecified atom stereocenters. The lowest BCUT2D eigenvalue weighted by Gasteiger charge is -2.11. The van der Waals surface area contributed by atoms with E-state index in [4.69, 9.17) is 9.72 Å². The van der Waals surface area contributed by atoms with Crippen molar-refractivity contribution in [1.29, 1.82) is 0 Å². The molecule has 0 amide bonds. The number of fused-ring (bicyclic) bond motifs is 1. The van der Waals surface area contributed by atoms with E-state index in [1.165, 1.54) is 17.5 Å². The topological polar surface area (TPSA) is 39.4 Å². The second-order valence-corrected chi connectivity index (χ2v) is 6.88. The zero-order valence-corrected chi connectivity index (χ0v) is 15.6. The number of ether oxygens (including phenoxy) is 1. The molecule has 0 saturated heterocycles. The molecule has 1 aromatic heterocycles. The first kappa shape index (κ1) is 17.5. The van der Waals surface area contributed by atoms with Crippen molar-refractivity contribution >= 4 is 17.2 Å². The van der Waals surface area contributed by atoms with Crippen molar-refractivity contribution in [3.05, 3.63) is 72.2 Å². The van der Waals surface area contributed by atoms with Crippen LogP contribution in [0.1, 0.15) is 37.9 Å². The number of para-hydroxylation sites is 3. The number of allylic oxidation sites excluding steroid dienone is 1. The number of benzene rings is 2. The van der Waals surface area contributed by atoms with E-state index in [-0.39, 0.29) is 0 Å². The summed E-state index contributed by atoms with van der Waals surface area (Å²) in [7, 11) is 0. The lowest BCUT2D eigenvalue weighted by Crippen LogP contribution is -2.08. The molecule has 0 fully saturated rings. The molecular weight excluding hydrogens is 334 g/mol. The summed E-state index contributed by atoms with van der Waals surface area (Å²) in [5.74, 6) is 1.85. The van der Waals surface area contributed by atoms with E-state index in [1.807, 2.05) is 42.6 Å². The smallest absolute Gasteiger partial charge is 0.147 e. The highest BCUT2D eigenvalue weighted by Gasteiger charge is 2.11. The van der Waals surface area contributed by atoms with Gasteiger partial charge in [0, 0.05) is 19.0 Å². The maximum absolute atomic E-state index is 5.96. The Morgan fingerprint density at radius 3 is 2.78 bits per heavy atom. The van der Waals surface area contributed by atoms with Gasteiger partial charge in [-0.3, -0.25) is 4.99 Å². The molecule has 3 aromatic rings. The number of aliphatic imine (C=N–C) groups is 1. The van der Waals surface area contributed by atoms with Gasteiger partial charge >= 0.3 is 0 Å². The first-order chi connectivity index (χ1) is 13.4. The molecule has 0 atom stereocenters. The molecule has 4 rings (SSSR count). The summed E-state index contributed by atoms with van der Waals surface area (Å²) < 4.78 is 8.27. The van der Waals surface area contributed by atoms with E-state index in [1.54, 1.807) is 0 Å². The van der Waals surface area contributed by atoms with Gasteiger partial charge in [0.05, 0.1) is 11.0 Å². The molecule has 138 valence electrons. The van der Waals surface area contributed by atoms with Crippen molar-refractivity contribution < 1.29 is 4.74 Å². The van der Waals surface area contributed by atoms with Crippen LogP contribution >= 0.6 is 0 Å². The summed E-state index contributed by atoms with van der Waals surface area (Å²) >= 11 is 0. The Balaban J connectivity index is 1.48. The summed E-state index contributed by atoms with van der Waals surface area (Å²) in [4.78, 5) is 9.18. The number of hydrogen-bond acceptors (Lipinski definition) is 3. The summed E-state index contributed by atoms with van der Waals surface area (Å²) in [6.45, 7) is 1.42. The molecule has 0 bridgehead atoms. The normalized spacial score (nSPS) is 14.1. The Labute approximate surface area is 160 Å². The van der Waals surface area contributed by atoms with Crippen molar-refractivity contribution in [2.75, 3.05) is 0 Å². The van der Waals surface area contributed by atoms with Gasteiger partial charge in [-0.05, 0) is 56.4 Å². The van der Waals surface area contributed by atoms with Gasteiger partial charge in [-0.1, -0.05) is 35.9 Å². The molecule has 0 spiro atoms. The molecule has 0 aliphatic carbocycles. The van der Waals surface area contributed by atoms with Gasteiger partial charge in [0.15, 0.2) is 0 Å². The molecule has 2 heterocycles.